The summed E-state index contributed by atoms with van der Waals surface area (Å²) in [7, 11) is 0. The number of alkyl halides is 3. The average molecular weight is 316 g/mol. The Kier molecular flexibility index (Phi) is 4.18. The topological polar surface area (TPSA) is 44.7 Å². The van der Waals surface area contributed by atoms with Crippen molar-refractivity contribution in [2.75, 3.05) is 26.2 Å². The molecule has 2 aliphatic rings. The lowest BCUT2D eigenvalue weighted by Gasteiger charge is -2.36. The van der Waals surface area contributed by atoms with E-state index < -0.39 is 17.9 Å². The molecule has 1 aromatic carbocycles. The summed E-state index contributed by atoms with van der Waals surface area (Å²) in [6.45, 7) is 3.35. The fourth-order valence-electron chi connectivity index (χ4n) is 3.11. The molecule has 2 N–H and O–H groups in total. The number of hydrogen-bond acceptors (Lipinski definition) is 4. The first kappa shape index (κ1) is 15.4. The molecular formula is C15H19F3N2O2. The first-order valence-corrected chi connectivity index (χ1v) is 7.48. The molecule has 1 aromatic rings. The van der Waals surface area contributed by atoms with Crippen LogP contribution in [0.4, 0.5) is 13.2 Å². The lowest BCUT2D eigenvalue weighted by atomic mass is 9.98. The van der Waals surface area contributed by atoms with E-state index in [0.29, 0.717) is 11.5 Å². The first-order valence-electron chi connectivity index (χ1n) is 7.48. The van der Waals surface area contributed by atoms with E-state index in [9.17, 15) is 18.3 Å². The maximum atomic E-state index is 12.4. The molecule has 1 aliphatic carbocycles. The molecule has 1 saturated heterocycles. The van der Waals surface area contributed by atoms with Crippen LogP contribution in [0, 0.1) is 5.92 Å². The summed E-state index contributed by atoms with van der Waals surface area (Å²) in [5.41, 5.74) is 0.533. The molecule has 0 unspecified atom stereocenters. The summed E-state index contributed by atoms with van der Waals surface area (Å²) in [5, 5.41) is 13.5. The molecule has 3 rings (SSSR count). The van der Waals surface area contributed by atoms with Gasteiger partial charge in [-0.1, -0.05) is 12.1 Å². The van der Waals surface area contributed by atoms with Crippen LogP contribution in [-0.2, 0) is 0 Å². The van der Waals surface area contributed by atoms with Gasteiger partial charge in [0.1, 0.15) is 0 Å². The third-order valence-corrected chi connectivity index (χ3v) is 4.19. The molecule has 1 saturated carbocycles. The van der Waals surface area contributed by atoms with Crippen molar-refractivity contribution >= 4 is 0 Å². The van der Waals surface area contributed by atoms with Gasteiger partial charge in [-0.3, -0.25) is 4.90 Å². The van der Waals surface area contributed by atoms with Crippen LogP contribution >= 0.6 is 0 Å². The number of aromatic hydroxyl groups is 1. The van der Waals surface area contributed by atoms with Crippen LogP contribution in [-0.4, -0.2) is 42.5 Å². The molecule has 0 spiro atoms. The standard InChI is InChI=1S/C15H19F3N2O2/c16-15(17,18)22-12-3-1-2-11(14(12)21)13(10-4-5-10)20-8-6-19-7-9-20/h1-3,10,13,19,21H,4-9H2/t13-/m0/s1. The zero-order valence-electron chi connectivity index (χ0n) is 12.1. The van der Waals surface area contributed by atoms with Gasteiger partial charge in [0.2, 0.25) is 0 Å². The number of ether oxygens (including phenoxy) is 1. The van der Waals surface area contributed by atoms with Crippen molar-refractivity contribution in [1.29, 1.82) is 0 Å². The number of benzene rings is 1. The number of phenols is 1. The Morgan fingerprint density at radius 1 is 1.23 bits per heavy atom. The molecule has 1 atom stereocenters. The van der Waals surface area contributed by atoms with Gasteiger partial charge in [0, 0.05) is 37.8 Å². The van der Waals surface area contributed by atoms with E-state index in [1.54, 1.807) is 6.07 Å². The summed E-state index contributed by atoms with van der Waals surface area (Å²) >= 11 is 0. The molecule has 122 valence electrons. The van der Waals surface area contributed by atoms with E-state index in [4.69, 9.17) is 0 Å². The molecule has 4 nitrogen and oxygen atoms in total. The third-order valence-electron chi connectivity index (χ3n) is 4.19. The summed E-state index contributed by atoms with van der Waals surface area (Å²) in [6, 6.07) is 4.31. The monoisotopic (exact) mass is 316 g/mol. The minimum absolute atomic E-state index is 0.0427. The number of piperazine rings is 1. The quantitative estimate of drug-likeness (QED) is 0.896. The van der Waals surface area contributed by atoms with E-state index in [2.05, 4.69) is 15.0 Å². The van der Waals surface area contributed by atoms with Crippen molar-refractivity contribution in [3.8, 4) is 11.5 Å². The number of nitrogens with one attached hydrogen (secondary N) is 1. The van der Waals surface area contributed by atoms with E-state index in [0.717, 1.165) is 45.1 Å². The third kappa shape index (κ3) is 3.47. The summed E-state index contributed by atoms with van der Waals surface area (Å²) in [4.78, 5) is 2.24. The molecule has 7 heteroatoms. The Balaban J connectivity index is 1.89. The Morgan fingerprint density at radius 2 is 1.91 bits per heavy atom. The first-order chi connectivity index (χ1) is 10.5. The zero-order valence-corrected chi connectivity index (χ0v) is 12.1. The van der Waals surface area contributed by atoms with E-state index in [1.807, 2.05) is 0 Å². The lowest BCUT2D eigenvalue weighted by Crippen LogP contribution is -2.45. The maximum absolute atomic E-state index is 12.4. The Labute approximate surface area is 126 Å². The molecule has 2 fully saturated rings. The van der Waals surface area contributed by atoms with Crippen LogP contribution in [0.25, 0.3) is 0 Å². The average Bonchev–Trinajstić information content (AvgIpc) is 3.28. The van der Waals surface area contributed by atoms with Gasteiger partial charge in [-0.05, 0) is 24.8 Å². The smallest absolute Gasteiger partial charge is 0.504 e. The van der Waals surface area contributed by atoms with Gasteiger partial charge in [0.25, 0.3) is 0 Å². The predicted octanol–water partition coefficient (Wildman–Crippen LogP) is 2.65. The van der Waals surface area contributed by atoms with Crippen molar-refractivity contribution < 1.29 is 23.0 Å². The summed E-state index contributed by atoms with van der Waals surface area (Å²) in [5.74, 6) is -0.522. The van der Waals surface area contributed by atoms with Crippen LogP contribution < -0.4 is 10.1 Å². The molecule has 0 amide bonds. The zero-order chi connectivity index (χ0) is 15.7. The van der Waals surface area contributed by atoms with Crippen molar-refractivity contribution in [3.63, 3.8) is 0 Å². The maximum Gasteiger partial charge on any atom is 0.573 e. The van der Waals surface area contributed by atoms with Gasteiger partial charge >= 0.3 is 6.36 Å². The van der Waals surface area contributed by atoms with Crippen LogP contribution in [0.1, 0.15) is 24.4 Å². The SMILES string of the molecule is Oc1c(OC(F)(F)F)cccc1[C@H](C1CC1)N1CCNCC1. The minimum atomic E-state index is -4.81. The number of hydrogen-bond donors (Lipinski definition) is 2. The number of para-hydroxylation sites is 1. The Bertz CT molecular complexity index is 526. The van der Waals surface area contributed by atoms with Crippen molar-refractivity contribution in [3.05, 3.63) is 23.8 Å². The minimum Gasteiger partial charge on any atom is -0.504 e. The van der Waals surface area contributed by atoms with E-state index in [-0.39, 0.29) is 6.04 Å². The number of nitrogens with zero attached hydrogens (tertiary/aromatic N) is 1. The molecule has 0 aromatic heterocycles. The number of rotatable bonds is 4. The fraction of sp³-hybridized carbons (Fsp3) is 0.600. The van der Waals surface area contributed by atoms with E-state index >= 15 is 0 Å². The number of halogens is 3. The van der Waals surface area contributed by atoms with Crippen molar-refractivity contribution in [1.82, 2.24) is 10.2 Å². The summed E-state index contributed by atoms with van der Waals surface area (Å²) in [6.07, 6.45) is -2.73. The molecule has 0 radical (unpaired) electrons. The van der Waals surface area contributed by atoms with Crippen LogP contribution in [0.5, 0.6) is 11.5 Å². The largest absolute Gasteiger partial charge is 0.573 e. The Morgan fingerprint density at radius 3 is 2.50 bits per heavy atom. The highest BCUT2D eigenvalue weighted by atomic mass is 19.4. The van der Waals surface area contributed by atoms with Crippen LogP contribution in [0.3, 0.4) is 0 Å². The fourth-order valence-corrected chi connectivity index (χ4v) is 3.11. The normalized spacial score (nSPS) is 21.6. The van der Waals surface area contributed by atoms with E-state index in [1.165, 1.54) is 6.07 Å². The van der Waals surface area contributed by atoms with Crippen molar-refractivity contribution in [2.24, 2.45) is 5.92 Å². The van der Waals surface area contributed by atoms with Gasteiger partial charge in [-0.2, -0.15) is 0 Å². The Hall–Kier alpha value is -1.47. The van der Waals surface area contributed by atoms with Crippen molar-refractivity contribution in [2.45, 2.75) is 25.2 Å². The second kappa shape index (κ2) is 5.96. The van der Waals surface area contributed by atoms with Gasteiger partial charge in [0.05, 0.1) is 0 Å². The van der Waals surface area contributed by atoms with Crippen LogP contribution in [0.2, 0.25) is 0 Å². The second-order valence-electron chi connectivity index (χ2n) is 5.81. The highest BCUT2D eigenvalue weighted by Crippen LogP contribution is 2.49. The highest BCUT2D eigenvalue weighted by molar-refractivity contribution is 5.47. The molecule has 0 bridgehead atoms. The van der Waals surface area contributed by atoms with Gasteiger partial charge in [0.15, 0.2) is 11.5 Å². The summed E-state index contributed by atoms with van der Waals surface area (Å²) < 4.78 is 41.2. The predicted molar refractivity (Wildman–Crippen MR) is 74.7 cm³/mol. The van der Waals surface area contributed by atoms with Gasteiger partial charge in [-0.25, -0.2) is 0 Å². The van der Waals surface area contributed by atoms with Crippen LogP contribution in [0.15, 0.2) is 18.2 Å². The van der Waals surface area contributed by atoms with Gasteiger partial charge < -0.3 is 15.2 Å². The molecule has 1 heterocycles. The molecule has 22 heavy (non-hydrogen) atoms. The molecular weight excluding hydrogens is 297 g/mol. The molecule has 1 aliphatic heterocycles. The number of phenolic OH excluding ortho intramolecular Hbond substituents is 1. The van der Waals surface area contributed by atoms with Gasteiger partial charge in [-0.15, -0.1) is 13.2 Å². The second-order valence-corrected chi connectivity index (χ2v) is 5.81. The highest BCUT2D eigenvalue weighted by Gasteiger charge is 2.39. The lowest BCUT2D eigenvalue weighted by molar-refractivity contribution is -0.275.